The summed E-state index contributed by atoms with van der Waals surface area (Å²) in [6, 6.07) is 0.372. The highest BCUT2D eigenvalue weighted by Gasteiger charge is 2.04. The van der Waals surface area contributed by atoms with Crippen molar-refractivity contribution in [1.82, 2.24) is 0 Å². The van der Waals surface area contributed by atoms with Crippen LogP contribution in [0.5, 0.6) is 0 Å². The van der Waals surface area contributed by atoms with Crippen LogP contribution in [-0.2, 0) is 0 Å². The molecule has 0 aromatic heterocycles. The molecule has 0 aliphatic rings. The molecule has 0 saturated heterocycles. The van der Waals surface area contributed by atoms with Gasteiger partial charge in [-0.2, -0.15) is 0 Å². The van der Waals surface area contributed by atoms with Crippen molar-refractivity contribution in [3.05, 3.63) is 0 Å². The highest BCUT2D eigenvalue weighted by Crippen LogP contribution is 2.09. The van der Waals surface area contributed by atoms with Crippen LogP contribution in [0, 0.1) is 5.92 Å². The van der Waals surface area contributed by atoms with Gasteiger partial charge in [0, 0.05) is 6.04 Å². The number of hydrogen-bond acceptors (Lipinski definition) is 1. The van der Waals surface area contributed by atoms with Crippen molar-refractivity contribution in [2.45, 2.75) is 46.1 Å². The van der Waals surface area contributed by atoms with Gasteiger partial charge in [-0.1, -0.05) is 26.7 Å². The quantitative estimate of drug-likeness (QED) is 0.618. The number of rotatable bonds is 4. The molecule has 0 spiro atoms. The summed E-state index contributed by atoms with van der Waals surface area (Å²) in [6.07, 6.45) is 3.90. The molecule has 56 valence electrons. The van der Waals surface area contributed by atoms with E-state index < -0.39 is 0 Å². The molecule has 1 unspecified atom stereocenters. The Hall–Kier alpha value is -0.0400. The summed E-state index contributed by atoms with van der Waals surface area (Å²) in [6.45, 7) is 6.52. The molecule has 0 saturated carbocycles. The van der Waals surface area contributed by atoms with E-state index in [2.05, 4.69) is 20.8 Å². The normalized spacial score (nSPS) is 17.3. The molecular formula is C8H19N. The molecule has 1 nitrogen and oxygen atoms in total. The maximum Gasteiger partial charge on any atom is 0.00361 e. The highest BCUT2D eigenvalue weighted by atomic mass is 14.6. The van der Waals surface area contributed by atoms with Crippen molar-refractivity contribution >= 4 is 0 Å². The molecule has 0 fully saturated rings. The van der Waals surface area contributed by atoms with Crippen molar-refractivity contribution in [2.75, 3.05) is 0 Å². The van der Waals surface area contributed by atoms with Gasteiger partial charge in [-0.05, 0) is 19.3 Å². The lowest BCUT2D eigenvalue weighted by Gasteiger charge is -2.13. The second-order valence-electron chi connectivity index (χ2n) is 2.98. The maximum atomic E-state index is 5.68. The lowest BCUT2D eigenvalue weighted by atomic mass is 9.98. The molecule has 0 bridgehead atoms. The van der Waals surface area contributed by atoms with Gasteiger partial charge in [-0.25, -0.2) is 0 Å². The van der Waals surface area contributed by atoms with Crippen LogP contribution >= 0.6 is 0 Å². The van der Waals surface area contributed by atoms with E-state index in [4.69, 9.17) is 5.73 Å². The number of unbranched alkanes of at least 4 members (excludes halogenated alkanes) is 1. The molecule has 9 heavy (non-hydrogen) atoms. The van der Waals surface area contributed by atoms with Crippen molar-refractivity contribution in [1.29, 1.82) is 0 Å². The zero-order valence-corrected chi connectivity index (χ0v) is 6.85. The van der Waals surface area contributed by atoms with Crippen LogP contribution in [-0.4, -0.2) is 6.04 Å². The Kier molecular flexibility index (Phi) is 4.78. The predicted octanol–water partition coefficient (Wildman–Crippen LogP) is 2.16. The van der Waals surface area contributed by atoms with Crippen molar-refractivity contribution < 1.29 is 0 Å². The molecule has 0 radical (unpaired) electrons. The summed E-state index contributed by atoms with van der Waals surface area (Å²) in [5.74, 6) is 0.699. The van der Waals surface area contributed by atoms with Crippen LogP contribution in [0.25, 0.3) is 0 Å². The minimum Gasteiger partial charge on any atom is -0.328 e. The Morgan fingerprint density at radius 2 is 1.89 bits per heavy atom. The summed E-state index contributed by atoms with van der Waals surface area (Å²) >= 11 is 0. The van der Waals surface area contributed by atoms with Crippen LogP contribution in [0.3, 0.4) is 0 Å². The summed E-state index contributed by atoms with van der Waals surface area (Å²) < 4.78 is 0. The third-order valence-electron chi connectivity index (χ3n) is 1.91. The van der Waals surface area contributed by atoms with Crippen LogP contribution in [0.4, 0.5) is 0 Å². The predicted molar refractivity (Wildman–Crippen MR) is 42.3 cm³/mol. The lowest BCUT2D eigenvalue weighted by molar-refractivity contribution is 0.435. The van der Waals surface area contributed by atoms with Gasteiger partial charge >= 0.3 is 0 Å². The molecular weight excluding hydrogens is 110 g/mol. The Morgan fingerprint density at radius 3 is 2.22 bits per heavy atom. The monoisotopic (exact) mass is 129 g/mol. The highest BCUT2D eigenvalue weighted by molar-refractivity contribution is 4.62. The Balaban J connectivity index is 3.16. The standard InChI is InChI=1S/C8H19N/c1-4-5-6-7(2)8(3)9/h7-8H,4-6,9H2,1-3H3/t7-,8?/m0/s1. The Labute approximate surface area is 58.6 Å². The first-order chi connectivity index (χ1) is 4.18. The van der Waals surface area contributed by atoms with E-state index in [9.17, 15) is 0 Å². The van der Waals surface area contributed by atoms with Crippen molar-refractivity contribution in [3.63, 3.8) is 0 Å². The number of hydrogen-bond donors (Lipinski definition) is 1. The third kappa shape index (κ3) is 4.46. The first-order valence-electron chi connectivity index (χ1n) is 3.94. The van der Waals surface area contributed by atoms with Crippen LogP contribution in [0.15, 0.2) is 0 Å². The van der Waals surface area contributed by atoms with Gasteiger partial charge in [0.25, 0.3) is 0 Å². The molecule has 0 amide bonds. The van der Waals surface area contributed by atoms with Gasteiger partial charge < -0.3 is 5.73 Å². The van der Waals surface area contributed by atoms with Gasteiger partial charge in [-0.15, -0.1) is 0 Å². The summed E-state index contributed by atoms with van der Waals surface area (Å²) in [4.78, 5) is 0. The molecule has 0 rings (SSSR count). The zero-order chi connectivity index (χ0) is 7.28. The fourth-order valence-corrected chi connectivity index (χ4v) is 0.789. The number of nitrogens with two attached hydrogens (primary N) is 1. The minimum absolute atomic E-state index is 0.372. The van der Waals surface area contributed by atoms with Crippen LogP contribution in [0.1, 0.15) is 40.0 Å². The molecule has 0 aromatic carbocycles. The van der Waals surface area contributed by atoms with Crippen LogP contribution in [0.2, 0.25) is 0 Å². The zero-order valence-electron chi connectivity index (χ0n) is 6.85. The molecule has 0 aliphatic heterocycles. The third-order valence-corrected chi connectivity index (χ3v) is 1.91. The Morgan fingerprint density at radius 1 is 1.33 bits per heavy atom. The fraction of sp³-hybridized carbons (Fsp3) is 1.00. The van der Waals surface area contributed by atoms with Crippen LogP contribution < -0.4 is 5.73 Å². The van der Waals surface area contributed by atoms with E-state index >= 15 is 0 Å². The van der Waals surface area contributed by atoms with E-state index in [0.717, 1.165) is 0 Å². The molecule has 2 N–H and O–H groups in total. The largest absolute Gasteiger partial charge is 0.328 e. The fourth-order valence-electron chi connectivity index (χ4n) is 0.789. The van der Waals surface area contributed by atoms with Gasteiger partial charge in [0.1, 0.15) is 0 Å². The van der Waals surface area contributed by atoms with E-state index in [1.165, 1.54) is 19.3 Å². The summed E-state index contributed by atoms with van der Waals surface area (Å²) in [7, 11) is 0. The minimum atomic E-state index is 0.372. The van der Waals surface area contributed by atoms with Gasteiger partial charge in [0.15, 0.2) is 0 Å². The van der Waals surface area contributed by atoms with E-state index in [-0.39, 0.29) is 0 Å². The smallest absolute Gasteiger partial charge is 0.00361 e. The second kappa shape index (κ2) is 4.80. The molecule has 2 atom stereocenters. The average Bonchev–Trinajstić information content (AvgIpc) is 1.82. The molecule has 0 aromatic rings. The van der Waals surface area contributed by atoms with Gasteiger partial charge in [0.2, 0.25) is 0 Å². The molecule has 0 aliphatic carbocycles. The summed E-state index contributed by atoms with van der Waals surface area (Å²) in [5.41, 5.74) is 5.68. The first kappa shape index (κ1) is 8.96. The first-order valence-corrected chi connectivity index (χ1v) is 3.94. The average molecular weight is 129 g/mol. The molecule has 1 heteroatoms. The lowest BCUT2D eigenvalue weighted by Crippen LogP contribution is -2.23. The topological polar surface area (TPSA) is 26.0 Å². The van der Waals surface area contributed by atoms with Crippen molar-refractivity contribution in [2.24, 2.45) is 11.7 Å². The maximum absolute atomic E-state index is 5.68. The van der Waals surface area contributed by atoms with E-state index in [1.54, 1.807) is 0 Å². The van der Waals surface area contributed by atoms with Gasteiger partial charge in [0.05, 0.1) is 0 Å². The SMILES string of the molecule is CCCC[C@H](C)C(C)N. The molecule has 0 heterocycles. The van der Waals surface area contributed by atoms with Crippen molar-refractivity contribution in [3.8, 4) is 0 Å². The van der Waals surface area contributed by atoms with Gasteiger partial charge in [-0.3, -0.25) is 0 Å². The second-order valence-corrected chi connectivity index (χ2v) is 2.98. The van der Waals surface area contributed by atoms with E-state index in [0.29, 0.717) is 12.0 Å². The van der Waals surface area contributed by atoms with E-state index in [1.807, 2.05) is 0 Å². The summed E-state index contributed by atoms with van der Waals surface area (Å²) in [5, 5.41) is 0. The Bertz CT molecular complexity index is 59.6.